The molecule has 0 fully saturated rings. The fraction of sp³-hybridized carbons (Fsp3) is 0.600. The first-order chi connectivity index (χ1) is 6.81. The lowest BCUT2D eigenvalue weighted by Gasteiger charge is -2.04. The average Bonchev–Trinajstić information content (AvgIpc) is 2.18. The second-order valence-electron chi connectivity index (χ2n) is 2.88. The summed E-state index contributed by atoms with van der Waals surface area (Å²) >= 11 is 0. The summed E-state index contributed by atoms with van der Waals surface area (Å²) in [7, 11) is 0. The van der Waals surface area contributed by atoms with Crippen molar-refractivity contribution in [3.63, 3.8) is 0 Å². The quantitative estimate of drug-likeness (QED) is 0.439. The Morgan fingerprint density at radius 2 is 2.29 bits per heavy atom. The van der Waals surface area contributed by atoms with Crippen molar-refractivity contribution >= 4 is 5.91 Å². The molecule has 0 aliphatic heterocycles. The van der Waals surface area contributed by atoms with Crippen molar-refractivity contribution in [2.24, 2.45) is 0 Å². The van der Waals surface area contributed by atoms with E-state index in [0.717, 1.165) is 12.8 Å². The van der Waals surface area contributed by atoms with E-state index in [4.69, 9.17) is 5.26 Å². The lowest BCUT2D eigenvalue weighted by Crippen LogP contribution is -2.34. The molecule has 0 aliphatic rings. The Balaban J connectivity index is 3.19. The van der Waals surface area contributed by atoms with Gasteiger partial charge in [-0.3, -0.25) is 4.79 Å². The van der Waals surface area contributed by atoms with Gasteiger partial charge in [0, 0.05) is 19.5 Å². The minimum atomic E-state index is -0.0104. The number of carbonyl (C=O) groups is 1. The summed E-state index contributed by atoms with van der Waals surface area (Å²) in [4.78, 5) is 11.1. The molecule has 4 heteroatoms. The summed E-state index contributed by atoms with van der Waals surface area (Å²) in [5.41, 5.74) is 0. The molecule has 0 spiro atoms. The smallest absolute Gasteiger partial charge is 0.233 e. The van der Waals surface area contributed by atoms with Crippen LogP contribution in [-0.4, -0.2) is 25.5 Å². The average molecular weight is 195 g/mol. The van der Waals surface area contributed by atoms with E-state index in [1.54, 1.807) is 6.08 Å². The summed E-state index contributed by atoms with van der Waals surface area (Å²) in [6.07, 6.45) is 3.97. The number of nitrogens with one attached hydrogen (secondary N) is 2. The molecule has 0 atom stereocenters. The van der Waals surface area contributed by atoms with Crippen LogP contribution in [0.1, 0.15) is 19.3 Å². The molecule has 1 amide bonds. The van der Waals surface area contributed by atoms with Crippen molar-refractivity contribution in [3.05, 3.63) is 12.7 Å². The minimum Gasteiger partial charge on any atom is -0.355 e. The topological polar surface area (TPSA) is 64.9 Å². The van der Waals surface area contributed by atoms with Gasteiger partial charge < -0.3 is 10.6 Å². The van der Waals surface area contributed by atoms with E-state index < -0.39 is 0 Å². The lowest BCUT2D eigenvalue weighted by atomic mass is 10.2. The third-order valence-electron chi connectivity index (χ3n) is 1.61. The van der Waals surface area contributed by atoms with Crippen LogP contribution in [0.2, 0.25) is 0 Å². The first-order valence-corrected chi connectivity index (χ1v) is 4.76. The number of hydrogen-bond donors (Lipinski definition) is 2. The monoisotopic (exact) mass is 195 g/mol. The van der Waals surface area contributed by atoms with E-state index >= 15 is 0 Å². The first kappa shape index (κ1) is 12.7. The largest absolute Gasteiger partial charge is 0.355 e. The van der Waals surface area contributed by atoms with Crippen molar-refractivity contribution in [3.8, 4) is 6.07 Å². The fourth-order valence-corrected chi connectivity index (χ4v) is 0.907. The number of unbranched alkanes of at least 4 members (excludes halogenated alkanes) is 2. The Bertz CT molecular complexity index is 208. The summed E-state index contributed by atoms with van der Waals surface area (Å²) in [6.45, 7) is 5.14. The molecule has 0 saturated heterocycles. The van der Waals surface area contributed by atoms with Crippen molar-refractivity contribution in [1.29, 1.82) is 5.26 Å². The highest BCUT2D eigenvalue weighted by molar-refractivity contribution is 5.77. The number of rotatable bonds is 8. The first-order valence-electron chi connectivity index (χ1n) is 4.76. The zero-order valence-corrected chi connectivity index (χ0v) is 8.38. The van der Waals surface area contributed by atoms with E-state index in [0.29, 0.717) is 26.1 Å². The molecular weight excluding hydrogens is 178 g/mol. The van der Waals surface area contributed by atoms with Crippen molar-refractivity contribution in [2.45, 2.75) is 19.3 Å². The van der Waals surface area contributed by atoms with Crippen LogP contribution >= 0.6 is 0 Å². The number of nitrogens with zero attached hydrogens (tertiary/aromatic N) is 1. The van der Waals surface area contributed by atoms with E-state index in [1.807, 2.05) is 0 Å². The molecule has 0 radical (unpaired) electrons. The van der Waals surface area contributed by atoms with Gasteiger partial charge in [-0.2, -0.15) is 5.26 Å². The predicted octanol–water partition coefficient (Wildman–Crippen LogP) is 0.572. The van der Waals surface area contributed by atoms with Crippen LogP contribution in [-0.2, 0) is 4.79 Å². The standard InChI is InChI=1S/C10H17N3O/c1-2-7-12-9-10(14)13-8-5-3-4-6-11/h2,12H,1,3-5,7-9H2,(H,13,14). The highest BCUT2D eigenvalue weighted by Crippen LogP contribution is 1.90. The molecule has 2 N–H and O–H groups in total. The van der Waals surface area contributed by atoms with Gasteiger partial charge in [-0.15, -0.1) is 6.58 Å². The Morgan fingerprint density at radius 3 is 2.93 bits per heavy atom. The number of carbonyl (C=O) groups excluding carboxylic acids is 1. The van der Waals surface area contributed by atoms with E-state index in [9.17, 15) is 4.79 Å². The molecule has 0 aromatic rings. The Morgan fingerprint density at radius 1 is 1.50 bits per heavy atom. The molecule has 0 unspecified atom stereocenters. The summed E-state index contributed by atoms with van der Waals surface area (Å²) < 4.78 is 0. The molecule has 78 valence electrons. The molecule has 0 aromatic heterocycles. The summed E-state index contributed by atoms with van der Waals surface area (Å²) in [5, 5.41) is 13.9. The van der Waals surface area contributed by atoms with Gasteiger partial charge in [0.05, 0.1) is 12.6 Å². The van der Waals surface area contributed by atoms with E-state index in [-0.39, 0.29) is 5.91 Å². The summed E-state index contributed by atoms with van der Waals surface area (Å²) in [5.74, 6) is -0.0104. The van der Waals surface area contributed by atoms with E-state index in [1.165, 1.54) is 0 Å². The SMILES string of the molecule is C=CCNCC(=O)NCCCCC#N. The van der Waals surface area contributed by atoms with E-state index in [2.05, 4.69) is 23.3 Å². The van der Waals surface area contributed by atoms with Gasteiger partial charge in [0.25, 0.3) is 0 Å². The Labute approximate surface area is 85.0 Å². The maximum atomic E-state index is 11.1. The van der Waals surface area contributed by atoms with Gasteiger partial charge in [0.2, 0.25) is 5.91 Å². The lowest BCUT2D eigenvalue weighted by molar-refractivity contribution is -0.120. The second kappa shape index (κ2) is 9.75. The zero-order valence-electron chi connectivity index (χ0n) is 8.38. The van der Waals surface area contributed by atoms with Gasteiger partial charge in [-0.1, -0.05) is 6.08 Å². The molecule has 4 nitrogen and oxygen atoms in total. The maximum Gasteiger partial charge on any atom is 0.233 e. The molecule has 0 saturated carbocycles. The maximum absolute atomic E-state index is 11.1. The highest BCUT2D eigenvalue weighted by Gasteiger charge is 1.97. The van der Waals surface area contributed by atoms with Gasteiger partial charge in [0.15, 0.2) is 0 Å². The number of nitriles is 1. The molecule has 0 aromatic carbocycles. The fourth-order valence-electron chi connectivity index (χ4n) is 0.907. The molecule has 0 aliphatic carbocycles. The molecular formula is C10H17N3O. The van der Waals surface area contributed by atoms with Crippen molar-refractivity contribution in [1.82, 2.24) is 10.6 Å². The van der Waals surface area contributed by atoms with Crippen molar-refractivity contribution < 1.29 is 4.79 Å². The Kier molecular flexibility index (Phi) is 8.81. The third-order valence-corrected chi connectivity index (χ3v) is 1.61. The van der Waals surface area contributed by atoms with Gasteiger partial charge in [0.1, 0.15) is 0 Å². The van der Waals surface area contributed by atoms with Gasteiger partial charge in [-0.05, 0) is 12.8 Å². The van der Waals surface area contributed by atoms with Gasteiger partial charge in [-0.25, -0.2) is 0 Å². The molecule has 0 heterocycles. The normalized spacial score (nSPS) is 9.07. The van der Waals surface area contributed by atoms with Crippen LogP contribution in [0.4, 0.5) is 0 Å². The van der Waals surface area contributed by atoms with Crippen LogP contribution in [0.15, 0.2) is 12.7 Å². The predicted molar refractivity (Wildman–Crippen MR) is 55.5 cm³/mol. The van der Waals surface area contributed by atoms with Crippen molar-refractivity contribution in [2.75, 3.05) is 19.6 Å². The minimum absolute atomic E-state index is 0.0104. The van der Waals surface area contributed by atoms with Crippen LogP contribution < -0.4 is 10.6 Å². The highest BCUT2D eigenvalue weighted by atomic mass is 16.1. The molecule has 0 rings (SSSR count). The van der Waals surface area contributed by atoms with Crippen LogP contribution in [0, 0.1) is 11.3 Å². The van der Waals surface area contributed by atoms with Crippen LogP contribution in [0.25, 0.3) is 0 Å². The number of amides is 1. The zero-order chi connectivity index (χ0) is 10.6. The Hall–Kier alpha value is -1.34. The van der Waals surface area contributed by atoms with Gasteiger partial charge >= 0.3 is 0 Å². The number of hydrogen-bond acceptors (Lipinski definition) is 3. The van der Waals surface area contributed by atoms with Crippen LogP contribution in [0.5, 0.6) is 0 Å². The molecule has 0 bridgehead atoms. The third kappa shape index (κ3) is 8.75. The second-order valence-corrected chi connectivity index (χ2v) is 2.88. The van der Waals surface area contributed by atoms with Crippen LogP contribution in [0.3, 0.4) is 0 Å². The summed E-state index contributed by atoms with van der Waals surface area (Å²) in [6, 6.07) is 2.06. The molecule has 14 heavy (non-hydrogen) atoms.